The van der Waals surface area contributed by atoms with Crippen molar-refractivity contribution in [2.75, 3.05) is 0 Å². The average Bonchev–Trinajstić information content (AvgIpc) is 2.12. The molecule has 3 heteroatoms. The molecule has 0 radical (unpaired) electrons. The van der Waals surface area contributed by atoms with Gasteiger partial charge in [-0.15, -0.1) is 0 Å². The molecule has 66 valence electrons. The maximum absolute atomic E-state index is 10.1. The summed E-state index contributed by atoms with van der Waals surface area (Å²) in [4.78, 5) is 0. The summed E-state index contributed by atoms with van der Waals surface area (Å²) in [6.07, 6.45) is 2.08. The summed E-state index contributed by atoms with van der Waals surface area (Å²) in [7, 11) is -1.61. The standard InChI is InChI=1S/C8H18O2Si/c1-11(2,3)8(10)6-4-5-7(8)9/h7,9-10H,4-6H2,1-3H3/t7-,8-/m0/s1. The van der Waals surface area contributed by atoms with E-state index in [4.69, 9.17) is 0 Å². The van der Waals surface area contributed by atoms with Gasteiger partial charge in [0, 0.05) is 0 Å². The molecule has 1 aliphatic rings. The second kappa shape index (κ2) is 2.57. The van der Waals surface area contributed by atoms with Crippen molar-refractivity contribution in [3.8, 4) is 0 Å². The van der Waals surface area contributed by atoms with Gasteiger partial charge in [0.15, 0.2) is 0 Å². The third kappa shape index (κ3) is 1.37. The predicted molar refractivity (Wildman–Crippen MR) is 48.2 cm³/mol. The van der Waals surface area contributed by atoms with Crippen LogP contribution in [-0.4, -0.2) is 29.6 Å². The highest BCUT2D eigenvalue weighted by Crippen LogP contribution is 2.37. The number of rotatable bonds is 1. The van der Waals surface area contributed by atoms with Gasteiger partial charge in [0.25, 0.3) is 0 Å². The third-order valence-electron chi connectivity index (χ3n) is 2.89. The van der Waals surface area contributed by atoms with E-state index in [1.54, 1.807) is 0 Å². The summed E-state index contributed by atoms with van der Waals surface area (Å²) in [6, 6.07) is 0. The van der Waals surface area contributed by atoms with Gasteiger partial charge in [0.2, 0.25) is 0 Å². The molecule has 11 heavy (non-hydrogen) atoms. The summed E-state index contributed by atoms with van der Waals surface area (Å²) in [5.41, 5.74) is 0. The van der Waals surface area contributed by atoms with E-state index in [1.807, 2.05) is 0 Å². The van der Waals surface area contributed by atoms with Crippen LogP contribution in [0.2, 0.25) is 19.6 Å². The average molecular weight is 174 g/mol. The van der Waals surface area contributed by atoms with Gasteiger partial charge in [-0.3, -0.25) is 0 Å². The van der Waals surface area contributed by atoms with Crippen molar-refractivity contribution in [2.45, 2.75) is 50.2 Å². The Bertz CT molecular complexity index is 153. The Hall–Kier alpha value is 0.137. The molecule has 0 aliphatic heterocycles. The fourth-order valence-corrected chi connectivity index (χ4v) is 3.92. The maximum atomic E-state index is 10.1. The Balaban J connectivity index is 2.81. The lowest BCUT2D eigenvalue weighted by Gasteiger charge is -2.38. The van der Waals surface area contributed by atoms with E-state index in [0.717, 1.165) is 19.3 Å². The second-order valence-corrected chi connectivity index (χ2v) is 9.95. The molecule has 0 aromatic heterocycles. The predicted octanol–water partition coefficient (Wildman–Crippen LogP) is 1.14. The summed E-state index contributed by atoms with van der Waals surface area (Å²) >= 11 is 0. The van der Waals surface area contributed by atoms with Crippen LogP contribution in [-0.2, 0) is 0 Å². The Labute approximate surface area is 69.3 Å². The van der Waals surface area contributed by atoms with E-state index in [9.17, 15) is 10.2 Å². The van der Waals surface area contributed by atoms with Crippen LogP contribution in [0.15, 0.2) is 0 Å². The molecule has 0 saturated heterocycles. The minimum Gasteiger partial charge on any atom is -0.391 e. The molecule has 2 nitrogen and oxygen atoms in total. The fourth-order valence-electron chi connectivity index (χ4n) is 1.85. The van der Waals surface area contributed by atoms with Crippen molar-refractivity contribution < 1.29 is 10.2 Å². The summed E-state index contributed by atoms with van der Waals surface area (Å²) < 4.78 is 0. The quantitative estimate of drug-likeness (QED) is 0.585. The Morgan fingerprint density at radius 2 is 1.91 bits per heavy atom. The lowest BCUT2D eigenvalue weighted by atomic mass is 10.2. The topological polar surface area (TPSA) is 40.5 Å². The van der Waals surface area contributed by atoms with Crippen molar-refractivity contribution in [1.82, 2.24) is 0 Å². The largest absolute Gasteiger partial charge is 0.391 e. The van der Waals surface area contributed by atoms with E-state index in [0.29, 0.717) is 0 Å². The molecule has 0 heterocycles. The maximum Gasteiger partial charge on any atom is 0.0854 e. The zero-order valence-corrected chi connectivity index (χ0v) is 8.59. The molecule has 0 bridgehead atoms. The fraction of sp³-hybridized carbons (Fsp3) is 1.00. The summed E-state index contributed by atoms with van der Waals surface area (Å²) in [6.45, 7) is 6.34. The molecule has 0 spiro atoms. The van der Waals surface area contributed by atoms with Gasteiger partial charge in [-0.1, -0.05) is 19.6 Å². The summed E-state index contributed by atoms with van der Waals surface area (Å²) in [5, 5.41) is 19.0. The lowest BCUT2D eigenvalue weighted by Crippen LogP contribution is -2.57. The van der Waals surface area contributed by atoms with Gasteiger partial charge >= 0.3 is 0 Å². The number of hydrogen-bond donors (Lipinski definition) is 2. The van der Waals surface area contributed by atoms with Gasteiger partial charge in [-0.25, -0.2) is 0 Å². The monoisotopic (exact) mass is 174 g/mol. The smallest absolute Gasteiger partial charge is 0.0854 e. The SMILES string of the molecule is C[Si](C)(C)[C@@]1(O)CCC[C@@H]1O. The first kappa shape index (κ1) is 9.23. The van der Waals surface area contributed by atoms with E-state index in [2.05, 4.69) is 19.6 Å². The van der Waals surface area contributed by atoms with Crippen LogP contribution in [0.1, 0.15) is 19.3 Å². The molecule has 0 aromatic carbocycles. The van der Waals surface area contributed by atoms with Gasteiger partial charge in [-0.05, 0) is 19.3 Å². The third-order valence-corrected chi connectivity index (χ3v) is 6.07. The van der Waals surface area contributed by atoms with Crippen LogP contribution in [0.3, 0.4) is 0 Å². The Kier molecular flexibility index (Phi) is 2.16. The summed E-state index contributed by atoms with van der Waals surface area (Å²) in [5.74, 6) is 0. The molecule has 1 rings (SSSR count). The van der Waals surface area contributed by atoms with Crippen LogP contribution in [0, 0.1) is 0 Å². The Morgan fingerprint density at radius 3 is 2.09 bits per heavy atom. The Morgan fingerprint density at radius 1 is 1.36 bits per heavy atom. The zero-order chi connectivity index (χ0) is 8.70. The van der Waals surface area contributed by atoms with Crippen LogP contribution >= 0.6 is 0 Å². The molecule has 1 aliphatic carbocycles. The highest BCUT2D eigenvalue weighted by atomic mass is 28.3. The molecule has 1 saturated carbocycles. The molecule has 0 aromatic rings. The van der Waals surface area contributed by atoms with Crippen molar-refractivity contribution in [3.05, 3.63) is 0 Å². The minimum atomic E-state index is -1.61. The second-order valence-electron chi connectivity index (χ2n) is 4.58. The van der Waals surface area contributed by atoms with Gasteiger partial charge < -0.3 is 10.2 Å². The molecule has 0 unspecified atom stereocenters. The first-order chi connectivity index (χ1) is 4.88. The van der Waals surface area contributed by atoms with Gasteiger partial charge in [-0.2, -0.15) is 0 Å². The van der Waals surface area contributed by atoms with Crippen molar-refractivity contribution in [3.63, 3.8) is 0 Å². The van der Waals surface area contributed by atoms with Gasteiger partial charge in [0.1, 0.15) is 0 Å². The van der Waals surface area contributed by atoms with E-state index in [-0.39, 0.29) is 0 Å². The molecular formula is C8H18O2Si. The minimum absolute atomic E-state index is 0.464. The zero-order valence-electron chi connectivity index (χ0n) is 7.59. The molecule has 1 fully saturated rings. The van der Waals surface area contributed by atoms with Crippen LogP contribution < -0.4 is 0 Å². The van der Waals surface area contributed by atoms with Crippen molar-refractivity contribution in [2.24, 2.45) is 0 Å². The highest BCUT2D eigenvalue weighted by Gasteiger charge is 2.49. The number of aliphatic hydroxyl groups excluding tert-OH is 1. The molecule has 2 atom stereocenters. The van der Waals surface area contributed by atoms with Crippen LogP contribution in [0.25, 0.3) is 0 Å². The first-order valence-corrected chi connectivity index (χ1v) is 7.78. The van der Waals surface area contributed by atoms with Crippen molar-refractivity contribution >= 4 is 8.07 Å². The normalized spacial score (nSPS) is 39.5. The molecular weight excluding hydrogens is 156 g/mol. The van der Waals surface area contributed by atoms with Crippen molar-refractivity contribution in [1.29, 1.82) is 0 Å². The molecule has 2 N–H and O–H groups in total. The molecule has 0 amide bonds. The van der Waals surface area contributed by atoms with Crippen LogP contribution in [0.5, 0.6) is 0 Å². The van der Waals surface area contributed by atoms with Crippen LogP contribution in [0.4, 0.5) is 0 Å². The van der Waals surface area contributed by atoms with E-state index < -0.39 is 19.4 Å². The highest BCUT2D eigenvalue weighted by molar-refractivity contribution is 6.79. The van der Waals surface area contributed by atoms with E-state index in [1.165, 1.54) is 0 Å². The number of hydrogen-bond acceptors (Lipinski definition) is 2. The van der Waals surface area contributed by atoms with E-state index >= 15 is 0 Å². The lowest BCUT2D eigenvalue weighted by molar-refractivity contribution is 0.00198. The van der Waals surface area contributed by atoms with Gasteiger partial charge in [0.05, 0.1) is 19.4 Å². The number of aliphatic hydroxyl groups is 2. The first-order valence-electron chi connectivity index (χ1n) is 4.28.